The third-order valence-electron chi connectivity index (χ3n) is 2.06. The first-order chi connectivity index (χ1) is 7.19. The number of pyridine rings is 1. The predicted octanol–water partition coefficient (Wildman–Crippen LogP) is 1.90. The van der Waals surface area contributed by atoms with Crippen LogP contribution in [0.25, 0.3) is 11.5 Å². The number of rotatable bonds is 2. The molecule has 0 unspecified atom stereocenters. The molecule has 0 aliphatic carbocycles. The zero-order chi connectivity index (χ0) is 10.8. The first-order valence-electron chi connectivity index (χ1n) is 4.65. The maximum atomic E-state index is 10.5. The Kier molecular flexibility index (Phi) is 2.33. The molecule has 2 rings (SSSR count). The van der Waals surface area contributed by atoms with E-state index in [0.29, 0.717) is 11.5 Å². The number of H-pyrrole nitrogens is 1. The van der Waals surface area contributed by atoms with Crippen molar-refractivity contribution in [2.45, 2.75) is 13.8 Å². The lowest BCUT2D eigenvalue weighted by atomic mass is 10.2. The molecule has 0 spiro atoms. The van der Waals surface area contributed by atoms with E-state index in [1.807, 2.05) is 26.0 Å². The number of imidazole rings is 1. The second-order valence-corrected chi connectivity index (χ2v) is 3.48. The fourth-order valence-electron chi connectivity index (χ4n) is 1.49. The van der Waals surface area contributed by atoms with Gasteiger partial charge in [-0.1, -0.05) is 0 Å². The summed E-state index contributed by atoms with van der Waals surface area (Å²) in [6.07, 6.45) is 2.24. The maximum absolute atomic E-state index is 10.5. The second-order valence-electron chi connectivity index (χ2n) is 3.48. The van der Waals surface area contributed by atoms with Crippen molar-refractivity contribution in [3.8, 4) is 11.5 Å². The molecule has 0 aromatic carbocycles. The van der Waals surface area contributed by atoms with Gasteiger partial charge in [-0.25, -0.2) is 9.97 Å². The van der Waals surface area contributed by atoms with Crippen LogP contribution in [0.5, 0.6) is 0 Å². The highest BCUT2D eigenvalue weighted by Crippen LogP contribution is 2.15. The van der Waals surface area contributed by atoms with Gasteiger partial charge in [0.1, 0.15) is 5.69 Å². The summed E-state index contributed by atoms with van der Waals surface area (Å²) in [4.78, 5) is 21.8. The molecular formula is C11H11N3O. The minimum atomic E-state index is 0.464. The van der Waals surface area contributed by atoms with Crippen LogP contribution in [-0.2, 0) is 0 Å². The standard InChI is InChI=1S/C11H11N3O/c1-7-3-8(2)13-10(4-7)11-12-5-9(6-15)14-11/h3-6H,1-2H3,(H,12,14). The highest BCUT2D eigenvalue weighted by atomic mass is 16.1. The van der Waals surface area contributed by atoms with Crippen LogP contribution >= 0.6 is 0 Å². The molecular weight excluding hydrogens is 190 g/mol. The smallest absolute Gasteiger partial charge is 0.167 e. The van der Waals surface area contributed by atoms with Gasteiger partial charge in [-0.3, -0.25) is 4.79 Å². The zero-order valence-electron chi connectivity index (χ0n) is 8.61. The highest BCUT2D eigenvalue weighted by Gasteiger charge is 2.05. The van der Waals surface area contributed by atoms with Crippen molar-refractivity contribution in [3.63, 3.8) is 0 Å². The molecule has 15 heavy (non-hydrogen) atoms. The van der Waals surface area contributed by atoms with Gasteiger partial charge in [0.05, 0.1) is 11.9 Å². The molecule has 0 fully saturated rings. The minimum Gasteiger partial charge on any atom is -0.334 e. The molecule has 4 heteroatoms. The summed E-state index contributed by atoms with van der Waals surface area (Å²) in [5.41, 5.74) is 3.29. The van der Waals surface area contributed by atoms with Gasteiger partial charge in [-0.05, 0) is 31.5 Å². The Labute approximate surface area is 87.4 Å². The van der Waals surface area contributed by atoms with Gasteiger partial charge < -0.3 is 4.98 Å². The van der Waals surface area contributed by atoms with Gasteiger partial charge in [0.25, 0.3) is 0 Å². The van der Waals surface area contributed by atoms with Gasteiger partial charge in [-0.2, -0.15) is 0 Å². The maximum Gasteiger partial charge on any atom is 0.167 e. The fraction of sp³-hybridized carbons (Fsp3) is 0.182. The molecule has 4 nitrogen and oxygen atoms in total. The Morgan fingerprint density at radius 3 is 2.73 bits per heavy atom. The molecule has 76 valence electrons. The van der Waals surface area contributed by atoms with Crippen molar-refractivity contribution in [3.05, 3.63) is 35.3 Å². The largest absolute Gasteiger partial charge is 0.334 e. The lowest BCUT2D eigenvalue weighted by molar-refractivity contribution is 0.111. The number of aromatic amines is 1. The highest BCUT2D eigenvalue weighted by molar-refractivity contribution is 5.72. The Bertz CT molecular complexity index is 482. The first-order valence-corrected chi connectivity index (χ1v) is 4.65. The molecule has 0 aliphatic heterocycles. The molecule has 0 saturated carbocycles. The van der Waals surface area contributed by atoms with Crippen molar-refractivity contribution in [2.24, 2.45) is 0 Å². The molecule has 0 radical (unpaired) electrons. The number of aromatic nitrogens is 3. The van der Waals surface area contributed by atoms with Crippen LogP contribution in [0.1, 0.15) is 21.7 Å². The van der Waals surface area contributed by atoms with Crippen LogP contribution in [0.4, 0.5) is 0 Å². The molecule has 0 bridgehead atoms. The van der Waals surface area contributed by atoms with Gasteiger partial charge in [0.15, 0.2) is 12.1 Å². The third kappa shape index (κ3) is 1.93. The summed E-state index contributed by atoms with van der Waals surface area (Å²) in [6, 6.07) is 3.92. The average molecular weight is 201 g/mol. The summed E-state index contributed by atoms with van der Waals surface area (Å²) in [5.74, 6) is 0.629. The minimum absolute atomic E-state index is 0.464. The van der Waals surface area contributed by atoms with Gasteiger partial charge >= 0.3 is 0 Å². The number of carbonyl (C=O) groups excluding carboxylic acids is 1. The van der Waals surface area contributed by atoms with E-state index in [9.17, 15) is 4.79 Å². The molecule has 0 saturated heterocycles. The molecule has 2 heterocycles. The van der Waals surface area contributed by atoms with Crippen LogP contribution in [0.3, 0.4) is 0 Å². The average Bonchev–Trinajstić information content (AvgIpc) is 2.64. The van der Waals surface area contributed by atoms with E-state index in [4.69, 9.17) is 0 Å². The van der Waals surface area contributed by atoms with E-state index < -0.39 is 0 Å². The SMILES string of the molecule is Cc1cc(C)nc(-c2ncc(C=O)[nH]2)c1. The quantitative estimate of drug-likeness (QED) is 0.755. The predicted molar refractivity (Wildman–Crippen MR) is 56.7 cm³/mol. The molecule has 0 aliphatic rings. The molecule has 0 atom stereocenters. The molecule has 2 aromatic rings. The number of nitrogens with zero attached hydrogens (tertiary/aromatic N) is 2. The summed E-state index contributed by atoms with van der Waals surface area (Å²) in [5, 5.41) is 0. The van der Waals surface area contributed by atoms with E-state index in [1.54, 1.807) is 0 Å². The van der Waals surface area contributed by atoms with Crippen LogP contribution < -0.4 is 0 Å². The Balaban J connectivity index is 2.48. The van der Waals surface area contributed by atoms with Crippen molar-refractivity contribution < 1.29 is 4.79 Å². The first kappa shape index (κ1) is 9.58. The van der Waals surface area contributed by atoms with E-state index in [2.05, 4.69) is 15.0 Å². The van der Waals surface area contributed by atoms with Crippen LogP contribution in [0.15, 0.2) is 18.3 Å². The van der Waals surface area contributed by atoms with Crippen LogP contribution in [0.2, 0.25) is 0 Å². The Morgan fingerprint density at radius 1 is 1.33 bits per heavy atom. The van der Waals surface area contributed by atoms with Crippen molar-refractivity contribution in [2.75, 3.05) is 0 Å². The van der Waals surface area contributed by atoms with Crippen LogP contribution in [-0.4, -0.2) is 21.2 Å². The number of carbonyl (C=O) groups is 1. The number of nitrogens with one attached hydrogen (secondary N) is 1. The van der Waals surface area contributed by atoms with Gasteiger partial charge in [0.2, 0.25) is 0 Å². The number of hydrogen-bond acceptors (Lipinski definition) is 3. The normalized spacial score (nSPS) is 10.3. The van der Waals surface area contributed by atoms with E-state index in [-0.39, 0.29) is 0 Å². The Morgan fingerprint density at radius 2 is 2.13 bits per heavy atom. The summed E-state index contributed by atoms with van der Waals surface area (Å²) < 4.78 is 0. The fourth-order valence-corrected chi connectivity index (χ4v) is 1.49. The second kappa shape index (κ2) is 3.65. The van der Waals surface area contributed by atoms with Gasteiger partial charge in [0, 0.05) is 5.69 Å². The summed E-state index contributed by atoms with van der Waals surface area (Å²) in [6.45, 7) is 3.93. The number of aldehydes is 1. The van der Waals surface area contributed by atoms with Crippen molar-refractivity contribution >= 4 is 6.29 Å². The van der Waals surface area contributed by atoms with Crippen molar-refractivity contribution in [1.29, 1.82) is 0 Å². The lowest BCUT2D eigenvalue weighted by Gasteiger charge is -2.00. The molecule has 1 N–H and O–H groups in total. The zero-order valence-corrected chi connectivity index (χ0v) is 8.61. The summed E-state index contributed by atoms with van der Waals surface area (Å²) >= 11 is 0. The topological polar surface area (TPSA) is 58.6 Å². The van der Waals surface area contributed by atoms with E-state index in [0.717, 1.165) is 23.2 Å². The van der Waals surface area contributed by atoms with E-state index >= 15 is 0 Å². The number of aryl methyl sites for hydroxylation is 2. The molecule has 0 amide bonds. The number of hydrogen-bond donors (Lipinski definition) is 1. The third-order valence-corrected chi connectivity index (χ3v) is 2.06. The summed E-state index contributed by atoms with van der Waals surface area (Å²) in [7, 11) is 0. The van der Waals surface area contributed by atoms with Crippen molar-refractivity contribution in [1.82, 2.24) is 15.0 Å². The lowest BCUT2D eigenvalue weighted by Crippen LogP contribution is -1.90. The Hall–Kier alpha value is -1.97. The molecule has 2 aromatic heterocycles. The van der Waals surface area contributed by atoms with Crippen LogP contribution in [0, 0.1) is 13.8 Å². The van der Waals surface area contributed by atoms with Gasteiger partial charge in [-0.15, -0.1) is 0 Å². The monoisotopic (exact) mass is 201 g/mol. The van der Waals surface area contributed by atoms with E-state index in [1.165, 1.54) is 6.20 Å².